The third-order valence-electron chi connectivity index (χ3n) is 4.06. The number of methoxy groups -OCH3 is 1. The molecule has 25 heavy (non-hydrogen) atoms. The average molecular weight is 412 g/mol. The van der Waals surface area contributed by atoms with E-state index in [0.29, 0.717) is 5.75 Å². The highest BCUT2D eigenvalue weighted by molar-refractivity contribution is 9.10. The molecule has 0 unspecified atom stereocenters. The Morgan fingerprint density at radius 3 is 2.60 bits per heavy atom. The van der Waals surface area contributed by atoms with Gasteiger partial charge in [-0.05, 0) is 54.4 Å². The van der Waals surface area contributed by atoms with Crippen molar-refractivity contribution in [3.63, 3.8) is 0 Å². The molecule has 1 aromatic carbocycles. The minimum Gasteiger partial charge on any atom is -0.496 e. The number of hydrogen-bond donors (Lipinski definition) is 2. The van der Waals surface area contributed by atoms with Gasteiger partial charge >= 0.3 is 6.03 Å². The number of carbonyl (C=O) groups is 3. The number of halogens is 1. The smallest absolute Gasteiger partial charge is 0.325 e. The Morgan fingerprint density at radius 1 is 1.40 bits per heavy atom. The van der Waals surface area contributed by atoms with Crippen LogP contribution in [0.15, 0.2) is 22.7 Å². The fourth-order valence-corrected chi connectivity index (χ4v) is 3.14. The van der Waals surface area contributed by atoms with E-state index in [1.807, 2.05) is 25.1 Å². The number of amides is 4. The number of ether oxygens (including phenoxy) is 1. The van der Waals surface area contributed by atoms with Gasteiger partial charge in [-0.15, -0.1) is 0 Å². The molecule has 1 aliphatic rings. The standard InChI is InChI=1S/C17H22BrN3O4/c1-10(11-5-6-13(25-4)12(18)9-11)19-14(22)7-8-21-15(23)17(2,3)20-16(21)24/h5-6,9-10H,7-8H2,1-4H3,(H,19,22)(H,20,24)/t10-/m0/s1. The highest BCUT2D eigenvalue weighted by Gasteiger charge is 2.43. The second kappa shape index (κ2) is 7.43. The van der Waals surface area contributed by atoms with Gasteiger partial charge in [0.1, 0.15) is 11.3 Å². The van der Waals surface area contributed by atoms with Crippen molar-refractivity contribution in [2.45, 2.75) is 38.8 Å². The maximum atomic E-state index is 12.1. The lowest BCUT2D eigenvalue weighted by Gasteiger charge is -2.18. The van der Waals surface area contributed by atoms with E-state index in [2.05, 4.69) is 26.6 Å². The van der Waals surface area contributed by atoms with Gasteiger partial charge in [0.05, 0.1) is 17.6 Å². The third-order valence-corrected chi connectivity index (χ3v) is 4.68. The maximum absolute atomic E-state index is 12.1. The molecule has 0 spiro atoms. The van der Waals surface area contributed by atoms with Gasteiger partial charge < -0.3 is 15.4 Å². The van der Waals surface area contributed by atoms with E-state index in [1.54, 1.807) is 21.0 Å². The summed E-state index contributed by atoms with van der Waals surface area (Å²) in [5, 5.41) is 5.45. The normalized spacial score (nSPS) is 17.2. The Bertz CT molecular complexity index is 705. The molecule has 1 saturated heterocycles. The van der Waals surface area contributed by atoms with Crippen molar-refractivity contribution in [1.29, 1.82) is 0 Å². The summed E-state index contributed by atoms with van der Waals surface area (Å²) < 4.78 is 5.98. The molecule has 1 atom stereocenters. The van der Waals surface area contributed by atoms with Crippen molar-refractivity contribution in [1.82, 2.24) is 15.5 Å². The van der Waals surface area contributed by atoms with Gasteiger partial charge in [-0.25, -0.2) is 4.79 Å². The van der Waals surface area contributed by atoms with Crippen LogP contribution in [0.5, 0.6) is 5.75 Å². The van der Waals surface area contributed by atoms with E-state index in [9.17, 15) is 14.4 Å². The SMILES string of the molecule is COc1ccc([C@H](C)NC(=O)CCN2C(=O)NC(C)(C)C2=O)cc1Br. The number of nitrogens with zero attached hydrogens (tertiary/aromatic N) is 1. The molecule has 0 radical (unpaired) electrons. The predicted octanol–water partition coefficient (Wildman–Crippen LogP) is 2.36. The molecule has 4 amide bonds. The molecular formula is C17H22BrN3O4. The van der Waals surface area contributed by atoms with Crippen LogP contribution in [0.3, 0.4) is 0 Å². The monoisotopic (exact) mass is 411 g/mol. The second-order valence-corrected chi connectivity index (χ2v) is 7.30. The number of nitrogens with one attached hydrogen (secondary N) is 2. The molecule has 7 nitrogen and oxygen atoms in total. The van der Waals surface area contributed by atoms with Crippen LogP contribution in [-0.4, -0.2) is 41.9 Å². The van der Waals surface area contributed by atoms with E-state index < -0.39 is 11.6 Å². The summed E-state index contributed by atoms with van der Waals surface area (Å²) in [6.07, 6.45) is 0.0525. The first kappa shape index (κ1) is 19.2. The molecule has 0 saturated carbocycles. The minimum absolute atomic E-state index is 0.0525. The summed E-state index contributed by atoms with van der Waals surface area (Å²) in [6.45, 7) is 5.19. The molecule has 1 aliphatic heterocycles. The Kier molecular flexibility index (Phi) is 5.72. The molecule has 0 bridgehead atoms. The molecule has 8 heteroatoms. The van der Waals surface area contributed by atoms with Gasteiger partial charge in [-0.2, -0.15) is 0 Å². The van der Waals surface area contributed by atoms with Crippen LogP contribution in [0.1, 0.15) is 38.8 Å². The first-order valence-electron chi connectivity index (χ1n) is 7.92. The number of urea groups is 1. The van der Waals surface area contributed by atoms with Crippen molar-refractivity contribution < 1.29 is 19.1 Å². The van der Waals surface area contributed by atoms with E-state index in [4.69, 9.17) is 4.74 Å². The van der Waals surface area contributed by atoms with Crippen molar-refractivity contribution >= 4 is 33.8 Å². The first-order valence-corrected chi connectivity index (χ1v) is 8.72. The number of benzene rings is 1. The number of carbonyl (C=O) groups excluding carboxylic acids is 3. The molecule has 2 rings (SSSR count). The van der Waals surface area contributed by atoms with E-state index in [0.717, 1.165) is 14.9 Å². The van der Waals surface area contributed by atoms with Crippen LogP contribution >= 0.6 is 15.9 Å². The van der Waals surface area contributed by atoms with E-state index >= 15 is 0 Å². The molecule has 0 aliphatic carbocycles. The zero-order valence-corrected chi connectivity index (χ0v) is 16.3. The Balaban J connectivity index is 1.91. The quantitative estimate of drug-likeness (QED) is 0.703. The Labute approximate surface area is 155 Å². The van der Waals surface area contributed by atoms with Crippen molar-refractivity contribution in [2.24, 2.45) is 0 Å². The minimum atomic E-state index is -0.920. The van der Waals surface area contributed by atoms with Gasteiger partial charge in [-0.3, -0.25) is 14.5 Å². The number of rotatable bonds is 6. The summed E-state index contributed by atoms with van der Waals surface area (Å²) in [5.74, 6) is 0.158. The Morgan fingerprint density at radius 2 is 2.08 bits per heavy atom. The fraction of sp³-hybridized carbons (Fsp3) is 0.471. The molecule has 2 N–H and O–H groups in total. The molecule has 1 aromatic rings. The predicted molar refractivity (Wildman–Crippen MR) is 96.2 cm³/mol. The first-order chi connectivity index (χ1) is 11.7. The lowest BCUT2D eigenvalue weighted by Crippen LogP contribution is -2.40. The number of hydrogen-bond acceptors (Lipinski definition) is 4. The van der Waals surface area contributed by atoms with E-state index in [-0.39, 0.29) is 30.8 Å². The molecule has 136 valence electrons. The van der Waals surface area contributed by atoms with Gasteiger partial charge in [0.15, 0.2) is 0 Å². The van der Waals surface area contributed by atoms with Crippen LogP contribution < -0.4 is 15.4 Å². The van der Waals surface area contributed by atoms with Crippen LogP contribution in [0.4, 0.5) is 4.79 Å². The largest absolute Gasteiger partial charge is 0.496 e. The second-order valence-electron chi connectivity index (χ2n) is 6.45. The summed E-state index contributed by atoms with van der Waals surface area (Å²) in [5.41, 5.74) is -0.00639. The highest BCUT2D eigenvalue weighted by Crippen LogP contribution is 2.28. The molecular weight excluding hydrogens is 390 g/mol. The van der Waals surface area contributed by atoms with Gasteiger partial charge in [-0.1, -0.05) is 6.07 Å². The zero-order chi connectivity index (χ0) is 18.8. The lowest BCUT2D eigenvalue weighted by molar-refractivity contribution is -0.130. The van der Waals surface area contributed by atoms with Gasteiger partial charge in [0, 0.05) is 13.0 Å². The summed E-state index contributed by atoms with van der Waals surface area (Å²) >= 11 is 3.41. The molecule has 1 fully saturated rings. The average Bonchev–Trinajstić information content (AvgIpc) is 2.73. The van der Waals surface area contributed by atoms with Crippen LogP contribution in [0.25, 0.3) is 0 Å². The van der Waals surface area contributed by atoms with Crippen molar-refractivity contribution in [3.8, 4) is 5.75 Å². The van der Waals surface area contributed by atoms with Crippen molar-refractivity contribution in [2.75, 3.05) is 13.7 Å². The topological polar surface area (TPSA) is 87.7 Å². The number of imide groups is 1. The summed E-state index contributed by atoms with van der Waals surface area (Å²) in [4.78, 5) is 37.1. The Hall–Kier alpha value is -2.09. The third kappa shape index (κ3) is 4.31. The molecule has 1 heterocycles. The molecule has 0 aromatic heterocycles. The van der Waals surface area contributed by atoms with Gasteiger partial charge in [0.25, 0.3) is 5.91 Å². The van der Waals surface area contributed by atoms with Crippen LogP contribution in [0, 0.1) is 0 Å². The van der Waals surface area contributed by atoms with Gasteiger partial charge in [0.2, 0.25) is 5.91 Å². The zero-order valence-electron chi connectivity index (χ0n) is 14.7. The lowest BCUT2D eigenvalue weighted by atomic mass is 10.1. The summed E-state index contributed by atoms with van der Waals surface area (Å²) in [6, 6.07) is 4.89. The summed E-state index contributed by atoms with van der Waals surface area (Å²) in [7, 11) is 1.59. The maximum Gasteiger partial charge on any atom is 0.325 e. The highest BCUT2D eigenvalue weighted by atomic mass is 79.9. The van der Waals surface area contributed by atoms with Crippen molar-refractivity contribution in [3.05, 3.63) is 28.2 Å². The fourth-order valence-electron chi connectivity index (χ4n) is 2.58. The van der Waals surface area contributed by atoms with E-state index in [1.165, 1.54) is 0 Å². The van der Waals surface area contributed by atoms with Crippen LogP contribution in [0.2, 0.25) is 0 Å². The van der Waals surface area contributed by atoms with Crippen LogP contribution in [-0.2, 0) is 9.59 Å².